The first kappa shape index (κ1) is 18.4. The minimum Gasteiger partial charge on any atom is -0.383 e. The molecule has 1 atom stereocenters. The van der Waals surface area contributed by atoms with Crippen LogP contribution in [-0.2, 0) is 26.0 Å². The SMILES string of the molecule is CCc1ccccc1N(CC(=O)N[C@@H](C)COC)S(C)(=O)=O. The molecular formula is C15H24N2O4S. The quantitative estimate of drug-likeness (QED) is 0.777. The van der Waals surface area contributed by atoms with Crippen molar-refractivity contribution in [1.82, 2.24) is 5.32 Å². The largest absolute Gasteiger partial charge is 0.383 e. The van der Waals surface area contributed by atoms with Crippen molar-refractivity contribution in [2.45, 2.75) is 26.3 Å². The molecule has 0 aliphatic carbocycles. The van der Waals surface area contributed by atoms with Crippen molar-refractivity contribution in [2.24, 2.45) is 0 Å². The van der Waals surface area contributed by atoms with Gasteiger partial charge in [-0.2, -0.15) is 0 Å². The van der Waals surface area contributed by atoms with Crippen LogP contribution in [0, 0.1) is 0 Å². The number of nitrogens with one attached hydrogen (secondary N) is 1. The van der Waals surface area contributed by atoms with Crippen LogP contribution < -0.4 is 9.62 Å². The number of sulfonamides is 1. The maximum Gasteiger partial charge on any atom is 0.241 e. The van der Waals surface area contributed by atoms with Gasteiger partial charge in [0.25, 0.3) is 0 Å². The van der Waals surface area contributed by atoms with Crippen molar-refractivity contribution in [2.75, 3.05) is 30.8 Å². The van der Waals surface area contributed by atoms with Gasteiger partial charge < -0.3 is 10.1 Å². The van der Waals surface area contributed by atoms with Gasteiger partial charge in [0.15, 0.2) is 0 Å². The summed E-state index contributed by atoms with van der Waals surface area (Å²) in [7, 11) is -2.01. The average Bonchev–Trinajstić information content (AvgIpc) is 2.43. The molecule has 0 fully saturated rings. The van der Waals surface area contributed by atoms with Crippen LogP contribution in [0.15, 0.2) is 24.3 Å². The Morgan fingerprint density at radius 3 is 2.55 bits per heavy atom. The molecule has 22 heavy (non-hydrogen) atoms. The van der Waals surface area contributed by atoms with Gasteiger partial charge in [0.2, 0.25) is 15.9 Å². The summed E-state index contributed by atoms with van der Waals surface area (Å²) in [6, 6.07) is 7.01. The van der Waals surface area contributed by atoms with Gasteiger partial charge in [-0.3, -0.25) is 9.10 Å². The fraction of sp³-hybridized carbons (Fsp3) is 0.533. The third-order valence-electron chi connectivity index (χ3n) is 3.15. The normalized spacial score (nSPS) is 12.7. The van der Waals surface area contributed by atoms with E-state index in [0.29, 0.717) is 18.7 Å². The second kappa shape index (κ2) is 8.14. The molecule has 124 valence electrons. The number of hydrogen-bond donors (Lipinski definition) is 1. The Morgan fingerprint density at radius 1 is 1.36 bits per heavy atom. The van der Waals surface area contributed by atoms with E-state index in [1.165, 1.54) is 0 Å². The predicted octanol–water partition coefficient (Wildman–Crippen LogP) is 1.17. The van der Waals surface area contributed by atoms with Gasteiger partial charge in [0.1, 0.15) is 6.54 Å². The van der Waals surface area contributed by atoms with Crippen molar-refractivity contribution >= 4 is 21.6 Å². The lowest BCUT2D eigenvalue weighted by Gasteiger charge is -2.25. The molecule has 0 aliphatic heterocycles. The number of nitrogens with zero attached hydrogens (tertiary/aromatic N) is 1. The lowest BCUT2D eigenvalue weighted by Crippen LogP contribution is -2.44. The van der Waals surface area contributed by atoms with E-state index < -0.39 is 10.0 Å². The number of benzene rings is 1. The standard InChI is InChI=1S/C15H24N2O4S/c1-5-13-8-6-7-9-14(13)17(22(4,19)20)10-15(18)16-12(2)11-21-3/h6-9,12H,5,10-11H2,1-4H3,(H,16,18)/t12-/m0/s1. The van der Waals surface area contributed by atoms with E-state index in [1.54, 1.807) is 26.2 Å². The number of anilines is 1. The fourth-order valence-corrected chi connectivity index (χ4v) is 3.06. The fourth-order valence-electron chi connectivity index (χ4n) is 2.18. The average molecular weight is 328 g/mol. The Balaban J connectivity index is 2.99. The monoisotopic (exact) mass is 328 g/mol. The van der Waals surface area contributed by atoms with E-state index >= 15 is 0 Å². The second-order valence-corrected chi connectivity index (χ2v) is 7.08. The smallest absolute Gasteiger partial charge is 0.241 e. The zero-order valence-corrected chi connectivity index (χ0v) is 14.3. The summed E-state index contributed by atoms with van der Waals surface area (Å²) in [5, 5.41) is 2.72. The van der Waals surface area contributed by atoms with Gasteiger partial charge in [0, 0.05) is 13.2 Å². The number of ether oxygens (including phenoxy) is 1. The van der Waals surface area contributed by atoms with Crippen molar-refractivity contribution in [3.63, 3.8) is 0 Å². The van der Waals surface area contributed by atoms with Crippen molar-refractivity contribution in [3.8, 4) is 0 Å². The molecule has 0 unspecified atom stereocenters. The molecule has 1 N–H and O–H groups in total. The number of rotatable bonds is 8. The highest BCUT2D eigenvalue weighted by atomic mass is 32.2. The van der Waals surface area contributed by atoms with E-state index in [1.807, 2.05) is 19.1 Å². The van der Waals surface area contributed by atoms with E-state index in [9.17, 15) is 13.2 Å². The molecule has 1 rings (SSSR count). The molecule has 0 saturated carbocycles. The van der Waals surface area contributed by atoms with Gasteiger partial charge in [-0.25, -0.2) is 8.42 Å². The molecule has 0 aliphatic rings. The summed E-state index contributed by atoms with van der Waals surface area (Å²) in [5.41, 5.74) is 1.42. The maximum absolute atomic E-state index is 12.1. The van der Waals surface area contributed by atoms with E-state index in [0.717, 1.165) is 16.1 Å². The zero-order valence-electron chi connectivity index (χ0n) is 13.5. The first-order valence-corrected chi connectivity index (χ1v) is 8.98. The molecule has 0 heterocycles. The van der Waals surface area contributed by atoms with Crippen LogP contribution in [0.25, 0.3) is 0 Å². The van der Waals surface area contributed by atoms with Crippen LogP contribution in [0.1, 0.15) is 19.4 Å². The van der Waals surface area contributed by atoms with Gasteiger partial charge >= 0.3 is 0 Å². The minimum absolute atomic E-state index is 0.180. The van der Waals surface area contributed by atoms with E-state index in [-0.39, 0.29) is 18.5 Å². The Labute approximate surface area is 132 Å². The summed E-state index contributed by atoms with van der Waals surface area (Å²) < 4.78 is 30.2. The van der Waals surface area contributed by atoms with Crippen LogP contribution in [0.4, 0.5) is 5.69 Å². The number of amides is 1. The summed E-state index contributed by atoms with van der Waals surface area (Å²) in [4.78, 5) is 12.1. The van der Waals surface area contributed by atoms with Gasteiger partial charge in [-0.1, -0.05) is 25.1 Å². The number of hydrogen-bond acceptors (Lipinski definition) is 4. The van der Waals surface area contributed by atoms with Crippen molar-refractivity contribution < 1.29 is 17.9 Å². The molecule has 0 spiro atoms. The molecule has 0 aromatic heterocycles. The summed E-state index contributed by atoms with van der Waals surface area (Å²) in [6.07, 6.45) is 1.79. The van der Waals surface area contributed by atoms with Crippen LogP contribution in [0.3, 0.4) is 0 Å². The number of para-hydroxylation sites is 1. The lowest BCUT2D eigenvalue weighted by molar-refractivity contribution is -0.120. The highest BCUT2D eigenvalue weighted by Gasteiger charge is 2.23. The topological polar surface area (TPSA) is 75.7 Å². The minimum atomic E-state index is -3.55. The molecule has 7 heteroatoms. The molecule has 1 aromatic rings. The van der Waals surface area contributed by atoms with Gasteiger partial charge in [0.05, 0.1) is 18.6 Å². The van der Waals surface area contributed by atoms with Crippen LogP contribution in [0.2, 0.25) is 0 Å². The third-order valence-corrected chi connectivity index (χ3v) is 4.28. The van der Waals surface area contributed by atoms with Crippen LogP contribution in [0.5, 0.6) is 0 Å². The van der Waals surface area contributed by atoms with E-state index in [2.05, 4.69) is 5.32 Å². The Hall–Kier alpha value is -1.60. The third kappa shape index (κ3) is 5.31. The van der Waals surface area contributed by atoms with E-state index in [4.69, 9.17) is 4.74 Å². The van der Waals surface area contributed by atoms with Gasteiger partial charge in [-0.05, 0) is 25.0 Å². The molecular weight excluding hydrogens is 304 g/mol. The summed E-state index contributed by atoms with van der Waals surface area (Å²) in [5.74, 6) is -0.360. The number of methoxy groups -OCH3 is 1. The molecule has 1 aromatic carbocycles. The maximum atomic E-state index is 12.1. The Kier molecular flexibility index (Phi) is 6.83. The Bertz CT molecular complexity index is 601. The first-order chi connectivity index (χ1) is 10.3. The molecule has 0 saturated heterocycles. The lowest BCUT2D eigenvalue weighted by atomic mass is 10.1. The molecule has 1 amide bonds. The molecule has 6 nitrogen and oxygen atoms in total. The summed E-state index contributed by atoms with van der Waals surface area (Å²) >= 11 is 0. The van der Waals surface area contributed by atoms with Crippen LogP contribution in [-0.4, -0.2) is 46.9 Å². The predicted molar refractivity (Wildman–Crippen MR) is 87.5 cm³/mol. The highest BCUT2D eigenvalue weighted by molar-refractivity contribution is 7.92. The number of carbonyl (C=O) groups is 1. The molecule has 0 bridgehead atoms. The Morgan fingerprint density at radius 2 is 2.00 bits per heavy atom. The second-order valence-electron chi connectivity index (χ2n) is 5.18. The zero-order chi connectivity index (χ0) is 16.8. The summed E-state index contributed by atoms with van der Waals surface area (Å²) in [6.45, 7) is 3.87. The molecule has 0 radical (unpaired) electrons. The highest BCUT2D eigenvalue weighted by Crippen LogP contribution is 2.23. The van der Waals surface area contributed by atoms with Crippen molar-refractivity contribution in [1.29, 1.82) is 0 Å². The first-order valence-electron chi connectivity index (χ1n) is 7.13. The van der Waals surface area contributed by atoms with Crippen LogP contribution >= 0.6 is 0 Å². The van der Waals surface area contributed by atoms with Gasteiger partial charge in [-0.15, -0.1) is 0 Å². The van der Waals surface area contributed by atoms with Crippen molar-refractivity contribution in [3.05, 3.63) is 29.8 Å². The number of aryl methyl sites for hydroxylation is 1. The number of carbonyl (C=O) groups excluding carboxylic acids is 1.